The van der Waals surface area contributed by atoms with Gasteiger partial charge in [0.05, 0.1) is 0 Å². The monoisotopic (exact) mass is 304 g/mol. The van der Waals surface area contributed by atoms with Gasteiger partial charge in [0, 0.05) is 29.4 Å². The molecule has 2 rings (SSSR count). The van der Waals surface area contributed by atoms with Crippen LogP contribution in [0.1, 0.15) is 18.2 Å². The van der Waals surface area contributed by atoms with Crippen LogP contribution in [0.15, 0.2) is 42.6 Å². The summed E-state index contributed by atoms with van der Waals surface area (Å²) in [5.74, 6) is 0.828. The number of ether oxygens (including phenoxy) is 1. The average Bonchev–Trinajstić information content (AvgIpc) is 2.53. The molecule has 1 N–H and O–H groups in total. The molecule has 1 unspecified atom stereocenters. The number of nitrogens with one attached hydrogen (secondary N) is 1. The molecule has 1 aromatic heterocycles. The molecule has 0 bridgehead atoms. The summed E-state index contributed by atoms with van der Waals surface area (Å²) in [4.78, 5) is 4.49. The molecule has 0 radical (unpaired) electrons. The molecule has 0 amide bonds. The van der Waals surface area contributed by atoms with Gasteiger partial charge >= 0.3 is 0 Å². The summed E-state index contributed by atoms with van der Waals surface area (Å²) in [6.45, 7) is 2.72. The lowest BCUT2D eigenvalue weighted by molar-refractivity contribution is 0.269. The molecule has 0 aliphatic heterocycles. The molecule has 21 heavy (non-hydrogen) atoms. The average molecular weight is 305 g/mol. The van der Waals surface area contributed by atoms with Crippen molar-refractivity contribution in [2.45, 2.75) is 25.8 Å². The Labute approximate surface area is 131 Å². The maximum atomic E-state index is 5.86. The van der Waals surface area contributed by atoms with Crippen molar-refractivity contribution in [3.05, 3.63) is 58.9 Å². The van der Waals surface area contributed by atoms with Gasteiger partial charge in [0.2, 0.25) is 0 Å². The SMILES string of the molecule is CCc1ccc(CC(COc2ccc(Cl)cc2)NC)nc1. The smallest absolute Gasteiger partial charge is 0.119 e. The predicted octanol–water partition coefficient (Wildman–Crippen LogP) is 3.51. The van der Waals surface area contributed by atoms with Crippen molar-refractivity contribution in [3.8, 4) is 5.75 Å². The fourth-order valence-electron chi connectivity index (χ4n) is 2.01. The number of benzene rings is 1. The molecule has 0 fully saturated rings. The van der Waals surface area contributed by atoms with Crippen molar-refractivity contribution in [2.24, 2.45) is 0 Å². The van der Waals surface area contributed by atoms with E-state index in [4.69, 9.17) is 16.3 Å². The first-order valence-electron chi connectivity index (χ1n) is 7.20. The number of pyridine rings is 1. The van der Waals surface area contributed by atoms with Crippen molar-refractivity contribution in [1.29, 1.82) is 0 Å². The Bertz CT molecular complexity index is 540. The third kappa shape index (κ3) is 5.03. The molecule has 0 spiro atoms. The van der Waals surface area contributed by atoms with Crippen LogP contribution in [0.4, 0.5) is 0 Å². The van der Waals surface area contributed by atoms with Gasteiger partial charge in [-0.05, 0) is 49.4 Å². The zero-order valence-corrected chi connectivity index (χ0v) is 13.2. The second kappa shape index (κ2) is 8.01. The summed E-state index contributed by atoms with van der Waals surface area (Å²) in [5, 5.41) is 3.99. The van der Waals surface area contributed by atoms with E-state index in [1.54, 1.807) is 0 Å². The Morgan fingerprint density at radius 1 is 1.19 bits per heavy atom. The number of aromatic nitrogens is 1. The van der Waals surface area contributed by atoms with Crippen LogP contribution in [-0.2, 0) is 12.8 Å². The third-order valence-electron chi connectivity index (χ3n) is 3.42. The quantitative estimate of drug-likeness (QED) is 0.850. The maximum Gasteiger partial charge on any atom is 0.119 e. The van der Waals surface area contributed by atoms with Gasteiger partial charge in [0.25, 0.3) is 0 Å². The summed E-state index contributed by atoms with van der Waals surface area (Å²) < 4.78 is 5.78. The highest BCUT2D eigenvalue weighted by Crippen LogP contribution is 2.16. The molecule has 0 saturated carbocycles. The molecule has 1 aromatic carbocycles. The minimum Gasteiger partial charge on any atom is -0.492 e. The van der Waals surface area contributed by atoms with Crippen LogP contribution >= 0.6 is 11.6 Å². The molecule has 0 aliphatic carbocycles. The fourth-order valence-corrected chi connectivity index (χ4v) is 2.14. The molecule has 4 heteroatoms. The Morgan fingerprint density at radius 3 is 2.52 bits per heavy atom. The summed E-state index contributed by atoms with van der Waals surface area (Å²) in [6, 6.07) is 11.9. The third-order valence-corrected chi connectivity index (χ3v) is 3.67. The van der Waals surface area contributed by atoms with E-state index in [1.165, 1.54) is 5.56 Å². The molecule has 1 heterocycles. The van der Waals surface area contributed by atoms with Gasteiger partial charge in [0.15, 0.2) is 0 Å². The minimum atomic E-state index is 0.223. The van der Waals surface area contributed by atoms with Crippen molar-refractivity contribution < 1.29 is 4.74 Å². The van der Waals surface area contributed by atoms with Crippen LogP contribution in [-0.4, -0.2) is 24.7 Å². The summed E-state index contributed by atoms with van der Waals surface area (Å²) >= 11 is 5.86. The normalized spacial score (nSPS) is 12.1. The maximum absolute atomic E-state index is 5.86. The zero-order valence-electron chi connectivity index (χ0n) is 12.5. The van der Waals surface area contributed by atoms with Gasteiger partial charge in [-0.15, -0.1) is 0 Å². The summed E-state index contributed by atoms with van der Waals surface area (Å²) in [6.07, 6.45) is 3.80. The van der Waals surface area contributed by atoms with Gasteiger partial charge in [-0.3, -0.25) is 4.98 Å². The van der Waals surface area contributed by atoms with E-state index in [2.05, 4.69) is 29.4 Å². The number of halogens is 1. The van der Waals surface area contributed by atoms with Crippen molar-refractivity contribution in [2.75, 3.05) is 13.7 Å². The highest BCUT2D eigenvalue weighted by Gasteiger charge is 2.09. The minimum absolute atomic E-state index is 0.223. The van der Waals surface area contributed by atoms with Gasteiger partial charge in [-0.25, -0.2) is 0 Å². The predicted molar refractivity (Wildman–Crippen MR) is 87.1 cm³/mol. The molecule has 3 nitrogen and oxygen atoms in total. The van der Waals surface area contributed by atoms with E-state index < -0.39 is 0 Å². The highest BCUT2D eigenvalue weighted by molar-refractivity contribution is 6.30. The standard InChI is InChI=1S/C17H21ClN2O/c1-3-13-4-7-15(20-11-13)10-16(19-2)12-21-17-8-5-14(18)6-9-17/h4-9,11,16,19H,3,10,12H2,1-2H3. The molecular weight excluding hydrogens is 284 g/mol. The largest absolute Gasteiger partial charge is 0.492 e. The van der Waals surface area contributed by atoms with Crippen molar-refractivity contribution >= 4 is 11.6 Å². The topological polar surface area (TPSA) is 34.1 Å². The fraction of sp³-hybridized carbons (Fsp3) is 0.353. The van der Waals surface area contributed by atoms with Crippen LogP contribution < -0.4 is 10.1 Å². The van der Waals surface area contributed by atoms with Crippen LogP contribution in [0.25, 0.3) is 0 Å². The first-order valence-corrected chi connectivity index (χ1v) is 7.58. The van der Waals surface area contributed by atoms with E-state index in [1.807, 2.05) is 37.5 Å². The number of likely N-dealkylation sites (N-methyl/N-ethyl adjacent to an activating group) is 1. The number of rotatable bonds is 7. The number of hydrogen-bond acceptors (Lipinski definition) is 3. The van der Waals surface area contributed by atoms with Crippen LogP contribution in [0.3, 0.4) is 0 Å². The first-order chi connectivity index (χ1) is 10.2. The van der Waals surface area contributed by atoms with Gasteiger partial charge in [-0.1, -0.05) is 24.6 Å². The van der Waals surface area contributed by atoms with E-state index in [9.17, 15) is 0 Å². The Hall–Kier alpha value is -1.58. The van der Waals surface area contributed by atoms with E-state index in [-0.39, 0.29) is 6.04 Å². The van der Waals surface area contributed by atoms with E-state index >= 15 is 0 Å². The van der Waals surface area contributed by atoms with Gasteiger partial charge in [-0.2, -0.15) is 0 Å². The molecule has 0 saturated heterocycles. The lowest BCUT2D eigenvalue weighted by atomic mass is 10.1. The molecule has 1 atom stereocenters. The van der Waals surface area contributed by atoms with E-state index in [0.29, 0.717) is 11.6 Å². The lowest BCUT2D eigenvalue weighted by Crippen LogP contribution is -2.34. The Kier molecular flexibility index (Phi) is 6.03. The van der Waals surface area contributed by atoms with Crippen LogP contribution in [0.2, 0.25) is 5.02 Å². The molecule has 2 aromatic rings. The first kappa shape index (κ1) is 15.8. The highest BCUT2D eigenvalue weighted by atomic mass is 35.5. The van der Waals surface area contributed by atoms with Gasteiger partial charge in [0.1, 0.15) is 12.4 Å². The molecular formula is C17H21ClN2O. The molecule has 0 aliphatic rings. The summed E-state index contributed by atoms with van der Waals surface area (Å²) in [5.41, 5.74) is 2.34. The van der Waals surface area contributed by atoms with Crippen LogP contribution in [0.5, 0.6) is 5.75 Å². The van der Waals surface area contributed by atoms with Crippen molar-refractivity contribution in [3.63, 3.8) is 0 Å². The number of hydrogen-bond donors (Lipinski definition) is 1. The van der Waals surface area contributed by atoms with E-state index in [0.717, 1.165) is 24.3 Å². The second-order valence-corrected chi connectivity index (χ2v) is 5.40. The molecule has 112 valence electrons. The number of aryl methyl sites for hydroxylation is 1. The van der Waals surface area contributed by atoms with Gasteiger partial charge < -0.3 is 10.1 Å². The number of nitrogens with zero attached hydrogens (tertiary/aromatic N) is 1. The lowest BCUT2D eigenvalue weighted by Gasteiger charge is -2.17. The Morgan fingerprint density at radius 2 is 1.95 bits per heavy atom. The zero-order chi connectivity index (χ0) is 15.1. The summed E-state index contributed by atoms with van der Waals surface area (Å²) in [7, 11) is 1.94. The van der Waals surface area contributed by atoms with Crippen LogP contribution in [0, 0.1) is 0 Å². The Balaban J connectivity index is 1.88. The van der Waals surface area contributed by atoms with Crippen molar-refractivity contribution in [1.82, 2.24) is 10.3 Å². The second-order valence-electron chi connectivity index (χ2n) is 4.97.